The zero-order chi connectivity index (χ0) is 11.8. The first kappa shape index (κ1) is 10.0. The van der Waals surface area contributed by atoms with Crippen LogP contribution in [0.15, 0.2) is 36.5 Å². The van der Waals surface area contributed by atoms with Gasteiger partial charge in [-0.3, -0.25) is 0 Å². The summed E-state index contributed by atoms with van der Waals surface area (Å²) in [6.45, 7) is 0. The maximum Gasteiger partial charge on any atom is 0.226 e. The highest BCUT2D eigenvalue weighted by Crippen LogP contribution is 2.21. The van der Waals surface area contributed by atoms with Crippen molar-refractivity contribution in [1.29, 1.82) is 0 Å². The van der Waals surface area contributed by atoms with E-state index in [4.69, 9.17) is 17.3 Å². The first-order chi connectivity index (χ1) is 8.25. The molecule has 0 bridgehead atoms. The summed E-state index contributed by atoms with van der Waals surface area (Å²) in [6, 6.07) is 9.65. The Morgan fingerprint density at radius 2 is 1.88 bits per heavy atom. The van der Waals surface area contributed by atoms with Crippen molar-refractivity contribution >= 4 is 28.5 Å². The van der Waals surface area contributed by atoms with Crippen molar-refractivity contribution in [1.82, 2.24) is 19.7 Å². The summed E-state index contributed by atoms with van der Waals surface area (Å²) >= 11 is 5.80. The van der Waals surface area contributed by atoms with Crippen molar-refractivity contribution in [2.45, 2.75) is 0 Å². The number of para-hydroxylation sites is 1. The van der Waals surface area contributed by atoms with Gasteiger partial charge in [-0.1, -0.05) is 18.2 Å². The molecule has 84 valence electrons. The number of hydrogen-bond donors (Lipinski definition) is 1. The summed E-state index contributed by atoms with van der Waals surface area (Å²) in [7, 11) is 0. The van der Waals surface area contributed by atoms with E-state index in [0.717, 1.165) is 5.69 Å². The van der Waals surface area contributed by atoms with Crippen molar-refractivity contribution in [2.24, 2.45) is 0 Å². The van der Waals surface area contributed by atoms with Crippen LogP contribution in [0.25, 0.3) is 16.7 Å². The van der Waals surface area contributed by atoms with Crippen LogP contribution in [0.1, 0.15) is 0 Å². The van der Waals surface area contributed by atoms with Crippen LogP contribution in [0, 0.1) is 0 Å². The molecular formula is C11H8ClN5. The van der Waals surface area contributed by atoms with E-state index >= 15 is 0 Å². The van der Waals surface area contributed by atoms with Crippen molar-refractivity contribution in [3.05, 3.63) is 41.8 Å². The topological polar surface area (TPSA) is 69.6 Å². The Bertz CT molecular complexity index is 677. The lowest BCUT2D eigenvalue weighted by atomic mass is 10.3. The van der Waals surface area contributed by atoms with Gasteiger partial charge in [0.15, 0.2) is 5.65 Å². The van der Waals surface area contributed by atoms with Crippen LogP contribution in [0.2, 0.25) is 5.28 Å². The molecule has 0 spiro atoms. The van der Waals surface area contributed by atoms with Crippen LogP contribution in [0.5, 0.6) is 0 Å². The molecule has 3 aromatic rings. The molecule has 0 saturated carbocycles. The molecule has 0 amide bonds. The molecule has 5 nitrogen and oxygen atoms in total. The minimum atomic E-state index is 0.118. The van der Waals surface area contributed by atoms with Crippen molar-refractivity contribution in [3.8, 4) is 5.69 Å². The number of halogens is 1. The number of hydrogen-bond acceptors (Lipinski definition) is 4. The predicted molar refractivity (Wildman–Crippen MR) is 66.1 cm³/mol. The molecule has 2 heterocycles. The van der Waals surface area contributed by atoms with E-state index in [1.54, 1.807) is 10.9 Å². The Kier molecular flexibility index (Phi) is 2.19. The van der Waals surface area contributed by atoms with E-state index in [-0.39, 0.29) is 5.28 Å². The predicted octanol–water partition coefficient (Wildman–Crippen LogP) is 2.05. The lowest BCUT2D eigenvalue weighted by Crippen LogP contribution is -1.99. The minimum Gasteiger partial charge on any atom is -0.383 e. The lowest BCUT2D eigenvalue weighted by molar-refractivity contribution is 0.895. The number of benzene rings is 1. The zero-order valence-electron chi connectivity index (χ0n) is 8.71. The summed E-state index contributed by atoms with van der Waals surface area (Å²) in [4.78, 5) is 8.04. The molecule has 0 saturated heterocycles. The number of anilines is 1. The second-order valence-corrected chi connectivity index (χ2v) is 3.85. The second-order valence-electron chi connectivity index (χ2n) is 3.51. The van der Waals surface area contributed by atoms with Crippen LogP contribution >= 0.6 is 11.6 Å². The zero-order valence-corrected chi connectivity index (χ0v) is 9.46. The fourth-order valence-electron chi connectivity index (χ4n) is 1.66. The van der Waals surface area contributed by atoms with E-state index in [2.05, 4.69) is 15.1 Å². The lowest BCUT2D eigenvalue weighted by Gasteiger charge is -2.02. The van der Waals surface area contributed by atoms with Gasteiger partial charge >= 0.3 is 0 Å². The Morgan fingerprint density at radius 3 is 2.65 bits per heavy atom. The van der Waals surface area contributed by atoms with Gasteiger partial charge in [0.1, 0.15) is 5.82 Å². The number of nitrogens with zero attached hydrogens (tertiary/aromatic N) is 4. The SMILES string of the molecule is Nc1nc(Cl)nc2c1cnn2-c1ccccc1. The average molecular weight is 246 g/mol. The molecule has 0 unspecified atom stereocenters. The second kappa shape index (κ2) is 3.71. The highest BCUT2D eigenvalue weighted by Gasteiger charge is 2.10. The van der Waals surface area contributed by atoms with Crippen LogP contribution in [-0.4, -0.2) is 19.7 Å². The molecule has 0 aliphatic carbocycles. The van der Waals surface area contributed by atoms with Crippen molar-refractivity contribution in [3.63, 3.8) is 0 Å². The number of rotatable bonds is 1. The molecule has 0 atom stereocenters. The van der Waals surface area contributed by atoms with Crippen molar-refractivity contribution < 1.29 is 0 Å². The first-order valence-corrected chi connectivity index (χ1v) is 5.35. The molecule has 2 N–H and O–H groups in total. The third-order valence-electron chi connectivity index (χ3n) is 2.43. The maximum absolute atomic E-state index is 5.80. The van der Waals surface area contributed by atoms with Gasteiger partial charge < -0.3 is 5.73 Å². The summed E-state index contributed by atoms with van der Waals surface area (Å²) in [6.07, 6.45) is 1.63. The molecule has 6 heteroatoms. The first-order valence-electron chi connectivity index (χ1n) is 4.98. The Morgan fingerprint density at radius 1 is 1.12 bits per heavy atom. The average Bonchev–Trinajstić information content (AvgIpc) is 2.74. The van der Waals surface area contributed by atoms with Crippen LogP contribution < -0.4 is 5.73 Å². The largest absolute Gasteiger partial charge is 0.383 e. The van der Waals surface area contributed by atoms with Gasteiger partial charge in [0.25, 0.3) is 0 Å². The molecule has 0 radical (unpaired) electrons. The minimum absolute atomic E-state index is 0.118. The van der Waals surface area contributed by atoms with Gasteiger partial charge in [-0.05, 0) is 23.7 Å². The number of fused-ring (bicyclic) bond motifs is 1. The van der Waals surface area contributed by atoms with E-state index in [1.165, 1.54) is 0 Å². The van der Waals surface area contributed by atoms with Gasteiger partial charge in [-0.25, -0.2) is 9.67 Å². The normalized spacial score (nSPS) is 10.9. The van der Waals surface area contributed by atoms with E-state index < -0.39 is 0 Å². The molecule has 1 aromatic carbocycles. The summed E-state index contributed by atoms with van der Waals surface area (Å²) in [5.41, 5.74) is 7.26. The van der Waals surface area contributed by atoms with Crippen molar-refractivity contribution in [2.75, 3.05) is 5.73 Å². The fourth-order valence-corrected chi connectivity index (χ4v) is 1.83. The van der Waals surface area contributed by atoms with Gasteiger partial charge in [-0.2, -0.15) is 10.1 Å². The third kappa shape index (κ3) is 1.60. The van der Waals surface area contributed by atoms with Gasteiger partial charge in [0.05, 0.1) is 17.3 Å². The molecule has 0 fully saturated rings. The maximum atomic E-state index is 5.80. The van der Waals surface area contributed by atoms with Crippen LogP contribution in [-0.2, 0) is 0 Å². The molecule has 0 aliphatic rings. The molecule has 17 heavy (non-hydrogen) atoms. The quantitative estimate of drug-likeness (QED) is 0.666. The summed E-state index contributed by atoms with van der Waals surface area (Å²) in [5, 5.41) is 5.05. The standard InChI is InChI=1S/C11H8ClN5/c12-11-15-9(13)8-6-14-17(10(8)16-11)7-4-2-1-3-5-7/h1-6H,(H2,13,15,16). The number of aromatic nitrogens is 4. The third-order valence-corrected chi connectivity index (χ3v) is 2.60. The molecule has 0 aliphatic heterocycles. The monoisotopic (exact) mass is 245 g/mol. The summed E-state index contributed by atoms with van der Waals surface area (Å²) < 4.78 is 1.68. The molecular weight excluding hydrogens is 238 g/mol. The van der Waals surface area contributed by atoms with Crippen LogP contribution in [0.3, 0.4) is 0 Å². The summed E-state index contributed by atoms with van der Waals surface area (Å²) in [5.74, 6) is 0.335. The highest BCUT2D eigenvalue weighted by atomic mass is 35.5. The Labute approximate surface area is 102 Å². The van der Waals surface area contributed by atoms with Gasteiger partial charge in [0, 0.05) is 0 Å². The van der Waals surface area contributed by atoms with E-state index in [1.807, 2.05) is 30.3 Å². The number of nitrogens with two attached hydrogens (primary N) is 1. The van der Waals surface area contributed by atoms with Crippen LogP contribution in [0.4, 0.5) is 5.82 Å². The van der Waals surface area contributed by atoms with Gasteiger partial charge in [-0.15, -0.1) is 0 Å². The molecule has 2 aromatic heterocycles. The number of nitrogen functional groups attached to an aromatic ring is 1. The molecule has 3 rings (SSSR count). The Balaban J connectivity index is 2.32. The van der Waals surface area contributed by atoms with E-state index in [0.29, 0.717) is 16.9 Å². The Hall–Kier alpha value is -2.14. The highest BCUT2D eigenvalue weighted by molar-refractivity contribution is 6.28. The van der Waals surface area contributed by atoms with Gasteiger partial charge in [0.2, 0.25) is 5.28 Å². The van der Waals surface area contributed by atoms with E-state index in [9.17, 15) is 0 Å². The fraction of sp³-hybridized carbons (Fsp3) is 0. The smallest absolute Gasteiger partial charge is 0.226 e.